The number of nitrogens with zero attached hydrogens (tertiary/aromatic N) is 1. The lowest BCUT2D eigenvalue weighted by atomic mass is 10.0. The van der Waals surface area contributed by atoms with Gasteiger partial charge in [-0.25, -0.2) is 18.1 Å². The van der Waals surface area contributed by atoms with Gasteiger partial charge in [-0.2, -0.15) is 0 Å². The number of H-pyrrole nitrogens is 1. The van der Waals surface area contributed by atoms with E-state index in [4.69, 9.17) is 0 Å². The van der Waals surface area contributed by atoms with Crippen LogP contribution in [0.15, 0.2) is 11.2 Å². The van der Waals surface area contributed by atoms with Gasteiger partial charge in [0.05, 0.1) is 11.8 Å². The summed E-state index contributed by atoms with van der Waals surface area (Å²) in [6.07, 6.45) is 2.58. The van der Waals surface area contributed by atoms with Crippen LogP contribution >= 0.6 is 0 Å². The summed E-state index contributed by atoms with van der Waals surface area (Å²) in [6.45, 7) is 5.20. The fourth-order valence-corrected chi connectivity index (χ4v) is 2.62. The Hall–Kier alpha value is -0.920. The van der Waals surface area contributed by atoms with Crippen molar-refractivity contribution >= 4 is 10.0 Å². The van der Waals surface area contributed by atoms with E-state index in [-0.39, 0.29) is 11.6 Å². The maximum absolute atomic E-state index is 11.8. The smallest absolute Gasteiger partial charge is 0.257 e. The first-order chi connectivity index (χ1) is 7.77. The molecule has 6 nitrogen and oxygen atoms in total. The van der Waals surface area contributed by atoms with Crippen molar-refractivity contribution in [1.82, 2.24) is 14.7 Å². The van der Waals surface area contributed by atoms with Crippen LogP contribution in [0.4, 0.5) is 0 Å². The molecule has 1 unspecified atom stereocenters. The largest absolute Gasteiger partial charge is 0.389 e. The third-order valence-electron chi connectivity index (χ3n) is 2.40. The lowest BCUT2D eigenvalue weighted by molar-refractivity contribution is 0.0554. The number of sulfonamides is 1. The van der Waals surface area contributed by atoms with Crippen molar-refractivity contribution in [2.75, 3.05) is 6.54 Å². The number of aryl methyl sites for hydroxylation is 1. The van der Waals surface area contributed by atoms with Crippen LogP contribution in [-0.4, -0.2) is 35.6 Å². The van der Waals surface area contributed by atoms with E-state index in [0.29, 0.717) is 12.2 Å². The number of hydrogen-bond acceptors (Lipinski definition) is 4. The normalized spacial score (nSPS) is 15.8. The molecule has 3 N–H and O–H groups in total. The quantitative estimate of drug-likeness (QED) is 0.697. The summed E-state index contributed by atoms with van der Waals surface area (Å²) in [7, 11) is -3.62. The van der Waals surface area contributed by atoms with E-state index < -0.39 is 15.6 Å². The van der Waals surface area contributed by atoms with Crippen LogP contribution in [0.5, 0.6) is 0 Å². The van der Waals surface area contributed by atoms with E-state index in [2.05, 4.69) is 14.7 Å². The second kappa shape index (κ2) is 5.16. The molecule has 0 aliphatic carbocycles. The maximum Gasteiger partial charge on any atom is 0.257 e. The SMILES string of the molecule is CCCC(C)(O)CNS(=O)(=O)c1cnc(C)[nH]1. The summed E-state index contributed by atoms with van der Waals surface area (Å²) in [6, 6.07) is 0. The van der Waals surface area contributed by atoms with Gasteiger partial charge in [0.2, 0.25) is 0 Å². The Morgan fingerprint density at radius 3 is 2.71 bits per heavy atom. The van der Waals surface area contributed by atoms with Gasteiger partial charge in [0.25, 0.3) is 10.0 Å². The van der Waals surface area contributed by atoms with Crippen molar-refractivity contribution in [3.05, 3.63) is 12.0 Å². The van der Waals surface area contributed by atoms with E-state index in [1.54, 1.807) is 13.8 Å². The maximum atomic E-state index is 11.8. The monoisotopic (exact) mass is 261 g/mol. The molecule has 7 heteroatoms. The third-order valence-corrected chi connectivity index (χ3v) is 3.71. The summed E-state index contributed by atoms with van der Waals surface area (Å²) in [5.74, 6) is 0.533. The van der Waals surface area contributed by atoms with Gasteiger partial charge in [-0.15, -0.1) is 0 Å². The fraction of sp³-hybridized carbons (Fsp3) is 0.700. The molecule has 0 spiro atoms. The highest BCUT2D eigenvalue weighted by molar-refractivity contribution is 7.89. The standard InChI is InChI=1S/C10H19N3O3S/c1-4-5-10(3,14)7-12-17(15,16)9-6-11-8(2)13-9/h6,12,14H,4-5,7H2,1-3H3,(H,11,13). The van der Waals surface area contributed by atoms with Gasteiger partial charge < -0.3 is 10.1 Å². The molecule has 98 valence electrons. The van der Waals surface area contributed by atoms with Gasteiger partial charge in [0.1, 0.15) is 5.82 Å². The van der Waals surface area contributed by atoms with Crippen molar-refractivity contribution in [3.8, 4) is 0 Å². The summed E-state index contributed by atoms with van der Waals surface area (Å²) in [4.78, 5) is 6.47. The van der Waals surface area contributed by atoms with Gasteiger partial charge in [0.15, 0.2) is 5.03 Å². The average molecular weight is 261 g/mol. The summed E-state index contributed by atoms with van der Waals surface area (Å²) in [5, 5.41) is 9.89. The topological polar surface area (TPSA) is 95.1 Å². The molecule has 1 rings (SSSR count). The number of aromatic nitrogens is 2. The van der Waals surface area contributed by atoms with Gasteiger partial charge >= 0.3 is 0 Å². The lowest BCUT2D eigenvalue weighted by Gasteiger charge is -2.22. The zero-order chi connectivity index (χ0) is 13.1. The van der Waals surface area contributed by atoms with Crippen LogP contribution in [0.25, 0.3) is 0 Å². The molecule has 0 aliphatic heterocycles. The molecule has 0 fully saturated rings. The minimum absolute atomic E-state index is 0.0127. The Bertz CT molecular complexity index is 465. The van der Waals surface area contributed by atoms with Crippen molar-refractivity contribution in [1.29, 1.82) is 0 Å². The molecule has 17 heavy (non-hydrogen) atoms. The highest BCUT2D eigenvalue weighted by Crippen LogP contribution is 2.12. The van der Waals surface area contributed by atoms with Crippen molar-refractivity contribution < 1.29 is 13.5 Å². The van der Waals surface area contributed by atoms with Gasteiger partial charge in [0, 0.05) is 6.54 Å². The Morgan fingerprint density at radius 2 is 2.24 bits per heavy atom. The average Bonchev–Trinajstić information content (AvgIpc) is 2.63. The Kier molecular flexibility index (Phi) is 4.29. The summed E-state index contributed by atoms with van der Waals surface area (Å²) in [5.41, 5.74) is -1.03. The van der Waals surface area contributed by atoms with Crippen LogP contribution in [0, 0.1) is 6.92 Å². The number of imidazole rings is 1. The summed E-state index contributed by atoms with van der Waals surface area (Å²) < 4.78 is 26.0. The van der Waals surface area contributed by atoms with E-state index in [0.717, 1.165) is 6.42 Å². The number of nitrogens with one attached hydrogen (secondary N) is 2. The molecular weight excluding hydrogens is 242 g/mol. The van der Waals surface area contributed by atoms with E-state index >= 15 is 0 Å². The van der Waals surface area contributed by atoms with E-state index in [1.165, 1.54) is 6.20 Å². The number of hydrogen-bond donors (Lipinski definition) is 3. The molecule has 0 aliphatic rings. The van der Waals surface area contributed by atoms with Gasteiger partial charge in [-0.1, -0.05) is 13.3 Å². The minimum Gasteiger partial charge on any atom is -0.389 e. The van der Waals surface area contributed by atoms with Crippen LogP contribution in [0.3, 0.4) is 0 Å². The van der Waals surface area contributed by atoms with Crippen LogP contribution in [0.2, 0.25) is 0 Å². The molecule has 0 saturated heterocycles. The highest BCUT2D eigenvalue weighted by atomic mass is 32.2. The van der Waals surface area contributed by atoms with E-state index in [1.807, 2.05) is 6.92 Å². The Morgan fingerprint density at radius 1 is 1.59 bits per heavy atom. The minimum atomic E-state index is -3.62. The van der Waals surface area contributed by atoms with Crippen LogP contribution < -0.4 is 4.72 Å². The van der Waals surface area contributed by atoms with Crippen molar-refractivity contribution in [3.63, 3.8) is 0 Å². The first kappa shape index (κ1) is 14.1. The highest BCUT2D eigenvalue weighted by Gasteiger charge is 2.24. The molecule has 0 bridgehead atoms. The number of rotatable bonds is 6. The van der Waals surface area contributed by atoms with Gasteiger partial charge in [-0.3, -0.25) is 0 Å². The molecule has 1 atom stereocenters. The summed E-state index contributed by atoms with van der Waals surface area (Å²) >= 11 is 0. The van der Waals surface area contributed by atoms with Crippen LogP contribution in [0.1, 0.15) is 32.5 Å². The molecule has 0 radical (unpaired) electrons. The third kappa shape index (κ3) is 4.10. The first-order valence-corrected chi connectivity index (χ1v) is 6.99. The lowest BCUT2D eigenvalue weighted by Crippen LogP contribution is -2.40. The van der Waals surface area contributed by atoms with Crippen molar-refractivity contribution in [2.45, 2.75) is 44.2 Å². The molecule has 0 aromatic carbocycles. The molecule has 0 amide bonds. The van der Waals surface area contributed by atoms with E-state index in [9.17, 15) is 13.5 Å². The second-order valence-electron chi connectivity index (χ2n) is 4.40. The zero-order valence-electron chi connectivity index (χ0n) is 10.3. The fourth-order valence-electron chi connectivity index (χ4n) is 1.49. The first-order valence-electron chi connectivity index (χ1n) is 5.50. The number of aromatic amines is 1. The predicted molar refractivity (Wildman–Crippen MR) is 64.0 cm³/mol. The predicted octanol–water partition coefficient (Wildman–Crippen LogP) is 0.548. The van der Waals surface area contributed by atoms with Crippen molar-refractivity contribution in [2.24, 2.45) is 0 Å². The molecular formula is C10H19N3O3S. The molecule has 0 saturated carbocycles. The second-order valence-corrected chi connectivity index (χ2v) is 6.14. The molecule has 1 heterocycles. The van der Waals surface area contributed by atoms with Crippen LogP contribution in [-0.2, 0) is 10.0 Å². The van der Waals surface area contributed by atoms with Gasteiger partial charge in [-0.05, 0) is 20.3 Å². The molecule has 1 aromatic heterocycles. The Balaban J connectivity index is 2.69. The number of aliphatic hydroxyl groups is 1. The Labute approximate surface area is 102 Å². The molecule has 1 aromatic rings. The zero-order valence-corrected chi connectivity index (χ0v) is 11.1.